The minimum Gasteiger partial charge on any atom is -0.489 e. The van der Waals surface area contributed by atoms with Gasteiger partial charge < -0.3 is 29.2 Å². The second-order valence-electron chi connectivity index (χ2n) is 10.6. The largest absolute Gasteiger partial charge is 0.489 e. The normalized spacial score (nSPS) is 25.2. The van der Waals surface area contributed by atoms with Gasteiger partial charge in [0, 0.05) is 38.6 Å². The summed E-state index contributed by atoms with van der Waals surface area (Å²) in [6.45, 7) is 6.04. The molecule has 0 radical (unpaired) electrons. The number of para-hydroxylation sites is 2. The van der Waals surface area contributed by atoms with Crippen molar-refractivity contribution in [1.82, 2.24) is 10.2 Å². The zero-order valence-electron chi connectivity index (χ0n) is 21.4. The van der Waals surface area contributed by atoms with Crippen molar-refractivity contribution in [3.63, 3.8) is 0 Å². The van der Waals surface area contributed by atoms with Crippen LogP contribution in [0.4, 0.5) is 10.5 Å². The van der Waals surface area contributed by atoms with Crippen molar-refractivity contribution in [2.75, 3.05) is 51.0 Å². The third-order valence-corrected chi connectivity index (χ3v) is 8.23. The van der Waals surface area contributed by atoms with Crippen LogP contribution in [0.3, 0.4) is 0 Å². The summed E-state index contributed by atoms with van der Waals surface area (Å²) in [7, 11) is 0. The average Bonchev–Trinajstić information content (AvgIpc) is 3.42. The first-order valence-corrected chi connectivity index (χ1v) is 13.7. The highest BCUT2D eigenvalue weighted by Gasteiger charge is 2.28. The molecular weight excluding hydrogens is 470 g/mol. The topological polar surface area (TPSA) is 72.5 Å². The number of nitrogens with one attached hydrogen (secondary N) is 1. The van der Waals surface area contributed by atoms with E-state index < -0.39 is 0 Å². The van der Waals surface area contributed by atoms with Gasteiger partial charge in [0.05, 0.1) is 5.69 Å². The zero-order valence-corrected chi connectivity index (χ0v) is 21.4. The lowest BCUT2D eigenvalue weighted by Crippen LogP contribution is -2.47. The van der Waals surface area contributed by atoms with Gasteiger partial charge in [-0.15, -0.1) is 0 Å². The smallest absolute Gasteiger partial charge is 0.407 e. The molecule has 0 bridgehead atoms. The van der Waals surface area contributed by atoms with Crippen molar-refractivity contribution >= 4 is 11.8 Å². The Morgan fingerprint density at radius 3 is 2.59 bits per heavy atom. The lowest BCUT2D eigenvalue weighted by atomic mass is 9.84. The van der Waals surface area contributed by atoms with E-state index in [0.717, 1.165) is 92.8 Å². The van der Waals surface area contributed by atoms with E-state index in [1.165, 1.54) is 6.42 Å². The number of piperazine rings is 1. The summed E-state index contributed by atoms with van der Waals surface area (Å²) in [5, 5.41) is 3.10. The summed E-state index contributed by atoms with van der Waals surface area (Å²) in [6, 6.07) is 14.3. The van der Waals surface area contributed by atoms with Crippen LogP contribution < -0.4 is 24.4 Å². The Balaban J connectivity index is 0.878. The molecule has 1 aliphatic carbocycles. The minimum absolute atomic E-state index is 0.211. The van der Waals surface area contributed by atoms with Crippen LogP contribution in [0.25, 0.3) is 0 Å². The Morgan fingerprint density at radius 1 is 0.919 bits per heavy atom. The maximum atomic E-state index is 12.5. The molecule has 2 fully saturated rings. The molecule has 8 heteroatoms. The standard InChI is InChI=1S/C29H37N3O5/c33-29(37-24-18-22-4-1-2-6-26(22)34-19-24)30-23-10-8-21(9-11-23)12-13-31-14-16-32(17-15-31)25-5-3-7-27-28(25)36-20-35-27/h1-7,21,23-24H,8-20H2,(H,30,33). The van der Waals surface area contributed by atoms with Gasteiger partial charge in [0.15, 0.2) is 11.5 Å². The van der Waals surface area contributed by atoms with Gasteiger partial charge in [-0.2, -0.15) is 0 Å². The number of nitrogens with zero attached hydrogens (tertiary/aromatic N) is 2. The van der Waals surface area contributed by atoms with Gasteiger partial charge in [0.2, 0.25) is 6.79 Å². The molecule has 1 saturated carbocycles. The molecule has 198 valence electrons. The van der Waals surface area contributed by atoms with Gasteiger partial charge in [-0.25, -0.2) is 4.79 Å². The summed E-state index contributed by atoms with van der Waals surface area (Å²) < 4.78 is 22.7. The molecule has 0 aromatic heterocycles. The van der Waals surface area contributed by atoms with E-state index in [1.54, 1.807) is 0 Å². The van der Waals surface area contributed by atoms with Crippen molar-refractivity contribution in [3.05, 3.63) is 48.0 Å². The Morgan fingerprint density at radius 2 is 1.73 bits per heavy atom. The second-order valence-corrected chi connectivity index (χ2v) is 10.6. The van der Waals surface area contributed by atoms with E-state index in [2.05, 4.69) is 21.2 Å². The van der Waals surface area contributed by atoms with E-state index in [1.807, 2.05) is 36.4 Å². The van der Waals surface area contributed by atoms with Crippen LogP contribution in [0.1, 0.15) is 37.7 Å². The molecule has 3 aliphatic heterocycles. The van der Waals surface area contributed by atoms with Crippen molar-refractivity contribution in [2.24, 2.45) is 5.92 Å². The van der Waals surface area contributed by atoms with Crippen molar-refractivity contribution in [3.8, 4) is 17.2 Å². The fourth-order valence-corrected chi connectivity index (χ4v) is 6.06. The number of anilines is 1. The van der Waals surface area contributed by atoms with Crippen LogP contribution in [0.15, 0.2) is 42.5 Å². The van der Waals surface area contributed by atoms with Crippen LogP contribution in [0, 0.1) is 5.92 Å². The number of hydrogen-bond donors (Lipinski definition) is 1. The molecule has 3 heterocycles. The summed E-state index contributed by atoms with van der Waals surface area (Å²) >= 11 is 0. The van der Waals surface area contributed by atoms with Gasteiger partial charge in [-0.1, -0.05) is 24.3 Å². The summed E-state index contributed by atoms with van der Waals surface area (Å²) in [4.78, 5) is 17.5. The van der Waals surface area contributed by atoms with E-state index in [4.69, 9.17) is 18.9 Å². The van der Waals surface area contributed by atoms with Crippen molar-refractivity contribution in [1.29, 1.82) is 0 Å². The molecule has 6 rings (SSSR count). The lowest BCUT2D eigenvalue weighted by Gasteiger charge is -2.37. The molecule has 8 nitrogen and oxygen atoms in total. The van der Waals surface area contributed by atoms with Crippen LogP contribution >= 0.6 is 0 Å². The molecule has 1 saturated heterocycles. The van der Waals surface area contributed by atoms with Gasteiger partial charge in [-0.05, 0) is 68.3 Å². The van der Waals surface area contributed by atoms with E-state index in [0.29, 0.717) is 19.8 Å². The molecule has 1 atom stereocenters. The maximum absolute atomic E-state index is 12.5. The van der Waals surface area contributed by atoms with Crippen molar-refractivity contribution < 1.29 is 23.7 Å². The maximum Gasteiger partial charge on any atom is 0.407 e. The molecule has 2 aromatic carbocycles. The third-order valence-electron chi connectivity index (χ3n) is 8.23. The molecule has 2 aromatic rings. The molecule has 1 N–H and O–H groups in total. The monoisotopic (exact) mass is 507 g/mol. The number of fused-ring (bicyclic) bond motifs is 2. The molecule has 0 spiro atoms. The van der Waals surface area contributed by atoms with Gasteiger partial charge in [-0.3, -0.25) is 4.90 Å². The highest BCUT2D eigenvalue weighted by atomic mass is 16.7. The van der Waals surface area contributed by atoms with E-state index in [9.17, 15) is 4.79 Å². The number of carbonyl (C=O) groups excluding carboxylic acids is 1. The van der Waals surface area contributed by atoms with Crippen LogP contribution in [-0.2, 0) is 11.2 Å². The summed E-state index contributed by atoms with van der Waals surface area (Å²) in [5.41, 5.74) is 2.25. The predicted molar refractivity (Wildman–Crippen MR) is 141 cm³/mol. The third kappa shape index (κ3) is 5.74. The van der Waals surface area contributed by atoms with Gasteiger partial charge in [0.1, 0.15) is 18.5 Å². The highest BCUT2D eigenvalue weighted by Crippen LogP contribution is 2.41. The van der Waals surface area contributed by atoms with Crippen LogP contribution in [0.5, 0.6) is 17.2 Å². The molecule has 4 aliphatic rings. The molecular formula is C29H37N3O5. The number of rotatable bonds is 6. The Bertz CT molecular complexity index is 1080. The average molecular weight is 508 g/mol. The molecule has 37 heavy (non-hydrogen) atoms. The number of benzene rings is 2. The first-order chi connectivity index (χ1) is 18.2. The second kappa shape index (κ2) is 11.1. The number of alkyl carbamates (subject to hydrolysis) is 1. The zero-order chi connectivity index (χ0) is 25.0. The molecule has 1 amide bonds. The van der Waals surface area contributed by atoms with Gasteiger partial charge >= 0.3 is 6.09 Å². The summed E-state index contributed by atoms with van der Waals surface area (Å²) in [6.07, 6.45) is 5.79. The predicted octanol–water partition coefficient (Wildman–Crippen LogP) is 4.22. The van der Waals surface area contributed by atoms with E-state index in [-0.39, 0.29) is 18.2 Å². The van der Waals surface area contributed by atoms with Gasteiger partial charge in [0.25, 0.3) is 0 Å². The fourth-order valence-electron chi connectivity index (χ4n) is 6.06. The van der Waals surface area contributed by atoms with Crippen LogP contribution in [-0.4, -0.2) is 69.3 Å². The number of amides is 1. The Kier molecular flexibility index (Phi) is 7.26. The molecule has 1 unspecified atom stereocenters. The SMILES string of the molecule is O=C(NC1CCC(CCN2CCN(c3cccc4c3OCO4)CC2)CC1)OC1COc2ccccc2C1. The van der Waals surface area contributed by atoms with E-state index >= 15 is 0 Å². The Labute approximate surface area is 218 Å². The lowest BCUT2D eigenvalue weighted by molar-refractivity contribution is 0.0522. The first-order valence-electron chi connectivity index (χ1n) is 13.7. The van der Waals surface area contributed by atoms with Crippen molar-refractivity contribution in [2.45, 2.75) is 50.7 Å². The summed E-state index contributed by atoms with van der Waals surface area (Å²) in [5.74, 6) is 3.37. The fraction of sp³-hybridized carbons (Fsp3) is 0.552. The number of hydrogen-bond acceptors (Lipinski definition) is 7. The highest BCUT2D eigenvalue weighted by molar-refractivity contribution is 5.68. The van der Waals surface area contributed by atoms with Crippen LogP contribution in [0.2, 0.25) is 0 Å². The number of carbonyl (C=O) groups is 1. The first kappa shape index (κ1) is 24.2. The Hall–Kier alpha value is -3.13. The quantitative estimate of drug-likeness (QED) is 0.628. The minimum atomic E-state index is -0.310. The number of ether oxygens (including phenoxy) is 4.